The lowest BCUT2D eigenvalue weighted by molar-refractivity contribution is -0.154. The largest absolute Gasteiger partial charge is 0.497 e. The Morgan fingerprint density at radius 2 is 1.83 bits per heavy atom. The Bertz CT molecular complexity index is 620. The average molecular weight is 319 g/mol. The number of esters is 1. The van der Waals surface area contributed by atoms with Crippen molar-refractivity contribution < 1.29 is 23.8 Å². The van der Waals surface area contributed by atoms with Gasteiger partial charge in [-0.3, -0.25) is 4.79 Å². The monoisotopic (exact) mass is 319 g/mol. The van der Waals surface area contributed by atoms with E-state index in [1.807, 2.05) is 31.2 Å². The van der Waals surface area contributed by atoms with Crippen molar-refractivity contribution in [3.63, 3.8) is 0 Å². The van der Waals surface area contributed by atoms with Gasteiger partial charge in [0.2, 0.25) is 0 Å². The zero-order valence-electron chi connectivity index (χ0n) is 13.8. The average Bonchev–Trinajstić information content (AvgIpc) is 2.77. The van der Waals surface area contributed by atoms with Gasteiger partial charge in [-0.1, -0.05) is 12.1 Å². The predicted molar refractivity (Wildman–Crippen MR) is 83.7 cm³/mol. The molecule has 1 aliphatic heterocycles. The number of carbonyl (C=O) groups is 2. The number of hydrogen-bond acceptors (Lipinski definition) is 5. The minimum Gasteiger partial charge on any atom is -0.497 e. The molecule has 1 heterocycles. The van der Waals surface area contributed by atoms with Gasteiger partial charge >= 0.3 is 5.97 Å². The lowest BCUT2D eigenvalue weighted by Gasteiger charge is -2.26. The molecule has 1 unspecified atom stereocenters. The Balaban J connectivity index is 2.13. The predicted octanol–water partition coefficient (Wildman–Crippen LogP) is 1.89. The first kappa shape index (κ1) is 17.0. The number of carbonyl (C=O) groups excluding carboxylic acids is 2. The molecule has 2 rings (SSSR count). The van der Waals surface area contributed by atoms with Gasteiger partial charge in [0.1, 0.15) is 12.4 Å². The fraction of sp³-hybridized carbons (Fsp3) is 0.412. The van der Waals surface area contributed by atoms with Gasteiger partial charge in [-0.05, 0) is 37.1 Å². The maximum atomic E-state index is 12.4. The summed E-state index contributed by atoms with van der Waals surface area (Å²) in [7, 11) is 2.90. The number of nitrogens with zero attached hydrogens (tertiary/aromatic N) is 1. The van der Waals surface area contributed by atoms with E-state index in [0.29, 0.717) is 12.1 Å². The van der Waals surface area contributed by atoms with Crippen molar-refractivity contribution in [1.29, 1.82) is 0 Å². The van der Waals surface area contributed by atoms with E-state index in [4.69, 9.17) is 9.47 Å². The van der Waals surface area contributed by atoms with Crippen molar-refractivity contribution in [3.8, 4) is 5.75 Å². The molecule has 0 radical (unpaired) electrons. The zero-order chi connectivity index (χ0) is 17.0. The molecule has 1 amide bonds. The van der Waals surface area contributed by atoms with Crippen molar-refractivity contribution in [3.05, 3.63) is 41.0 Å². The van der Waals surface area contributed by atoms with Gasteiger partial charge in [-0.15, -0.1) is 0 Å². The summed E-state index contributed by atoms with van der Waals surface area (Å²) in [4.78, 5) is 25.3. The third-order valence-electron chi connectivity index (χ3n) is 3.93. The number of rotatable bonds is 6. The summed E-state index contributed by atoms with van der Waals surface area (Å²) in [6, 6.07) is 7.47. The molecule has 0 fully saturated rings. The molecular formula is C17H21NO5. The summed E-state index contributed by atoms with van der Waals surface area (Å²) < 4.78 is 15.3. The highest BCUT2D eigenvalue weighted by Gasteiger charge is 2.35. The zero-order valence-corrected chi connectivity index (χ0v) is 13.8. The lowest BCUT2D eigenvalue weighted by Crippen LogP contribution is -2.37. The number of methoxy groups -OCH3 is 2. The van der Waals surface area contributed by atoms with Gasteiger partial charge in [0.25, 0.3) is 5.91 Å². The van der Waals surface area contributed by atoms with Crippen LogP contribution in [-0.2, 0) is 25.6 Å². The maximum Gasteiger partial charge on any atom is 0.331 e. The molecule has 0 aromatic heterocycles. The second kappa shape index (κ2) is 7.28. The summed E-state index contributed by atoms with van der Waals surface area (Å²) in [6.45, 7) is 3.80. The van der Waals surface area contributed by atoms with Gasteiger partial charge in [0, 0.05) is 12.1 Å². The van der Waals surface area contributed by atoms with Gasteiger partial charge in [-0.2, -0.15) is 0 Å². The van der Waals surface area contributed by atoms with Crippen LogP contribution in [0.4, 0.5) is 0 Å². The number of ether oxygens (including phenoxy) is 3. The van der Waals surface area contributed by atoms with E-state index in [2.05, 4.69) is 4.74 Å². The maximum absolute atomic E-state index is 12.4. The Hall–Kier alpha value is -2.34. The van der Waals surface area contributed by atoms with E-state index in [9.17, 15) is 9.59 Å². The van der Waals surface area contributed by atoms with Crippen LogP contribution in [0.3, 0.4) is 0 Å². The van der Waals surface area contributed by atoms with Crippen molar-refractivity contribution in [2.24, 2.45) is 0 Å². The molecule has 0 aliphatic carbocycles. The molecule has 1 aliphatic rings. The van der Waals surface area contributed by atoms with Crippen LogP contribution in [0.1, 0.15) is 19.4 Å². The van der Waals surface area contributed by atoms with Crippen molar-refractivity contribution in [2.45, 2.75) is 26.6 Å². The van der Waals surface area contributed by atoms with E-state index in [1.54, 1.807) is 18.9 Å². The van der Waals surface area contributed by atoms with Crippen molar-refractivity contribution >= 4 is 11.9 Å². The van der Waals surface area contributed by atoms with Crippen LogP contribution >= 0.6 is 0 Å². The minimum atomic E-state index is -0.552. The molecule has 23 heavy (non-hydrogen) atoms. The molecule has 0 saturated heterocycles. The highest BCUT2D eigenvalue weighted by Crippen LogP contribution is 2.28. The van der Waals surface area contributed by atoms with Crippen LogP contribution in [0.25, 0.3) is 0 Å². The Morgan fingerprint density at radius 3 is 2.39 bits per heavy atom. The quantitative estimate of drug-likeness (QED) is 0.749. The van der Waals surface area contributed by atoms with Crippen LogP contribution in [-0.4, -0.2) is 43.8 Å². The molecule has 0 bridgehead atoms. The second-order valence-electron chi connectivity index (χ2n) is 5.33. The third-order valence-corrected chi connectivity index (χ3v) is 3.93. The highest BCUT2D eigenvalue weighted by molar-refractivity contribution is 5.96. The molecule has 0 saturated carbocycles. The summed E-state index contributed by atoms with van der Waals surface area (Å²) in [5.41, 5.74) is 2.41. The molecule has 0 N–H and O–H groups in total. The fourth-order valence-corrected chi connectivity index (χ4v) is 2.41. The normalized spacial score (nSPS) is 17.7. The first-order valence-electron chi connectivity index (χ1n) is 7.27. The molecule has 1 aromatic carbocycles. The molecule has 0 spiro atoms. The SMILES string of the molecule is COC(=O)COC1C(C)=C(C)C(=O)N1Cc1ccc(OC)cc1. The molecule has 124 valence electrons. The second-order valence-corrected chi connectivity index (χ2v) is 5.33. The van der Waals surface area contributed by atoms with Gasteiger partial charge in [0.15, 0.2) is 6.23 Å². The van der Waals surface area contributed by atoms with Crippen LogP contribution in [0.2, 0.25) is 0 Å². The molecule has 1 atom stereocenters. The summed E-state index contributed by atoms with van der Waals surface area (Å²) >= 11 is 0. The topological polar surface area (TPSA) is 65.1 Å². The van der Waals surface area contributed by atoms with E-state index < -0.39 is 12.2 Å². The van der Waals surface area contributed by atoms with Crippen LogP contribution in [0.15, 0.2) is 35.4 Å². The van der Waals surface area contributed by atoms with E-state index >= 15 is 0 Å². The lowest BCUT2D eigenvalue weighted by atomic mass is 10.2. The van der Waals surface area contributed by atoms with Gasteiger partial charge < -0.3 is 19.1 Å². The van der Waals surface area contributed by atoms with E-state index in [1.165, 1.54) is 7.11 Å². The number of amides is 1. The Morgan fingerprint density at radius 1 is 1.17 bits per heavy atom. The standard InChI is InChI=1S/C17H21NO5/c1-11-12(2)17(23-10-15(19)22-4)18(16(11)20)9-13-5-7-14(21-3)8-6-13/h5-8,17H,9-10H2,1-4H3. The minimum absolute atomic E-state index is 0.0896. The Labute approximate surface area is 135 Å². The highest BCUT2D eigenvalue weighted by atomic mass is 16.6. The molecule has 1 aromatic rings. The first-order chi connectivity index (χ1) is 11.0. The van der Waals surface area contributed by atoms with Crippen LogP contribution < -0.4 is 4.74 Å². The summed E-state index contributed by atoms with van der Waals surface area (Å²) in [5, 5.41) is 0. The summed E-state index contributed by atoms with van der Waals surface area (Å²) in [5.74, 6) is 0.192. The van der Waals surface area contributed by atoms with Crippen LogP contribution in [0, 0.1) is 0 Å². The third kappa shape index (κ3) is 3.71. The van der Waals surface area contributed by atoms with E-state index in [0.717, 1.165) is 16.9 Å². The molecular weight excluding hydrogens is 298 g/mol. The smallest absolute Gasteiger partial charge is 0.331 e. The summed E-state index contributed by atoms with van der Waals surface area (Å²) in [6.07, 6.45) is -0.552. The Kier molecular flexibility index (Phi) is 5.39. The fourth-order valence-electron chi connectivity index (χ4n) is 2.41. The molecule has 6 nitrogen and oxygen atoms in total. The van der Waals surface area contributed by atoms with Crippen molar-refractivity contribution in [2.75, 3.05) is 20.8 Å². The van der Waals surface area contributed by atoms with Gasteiger partial charge in [-0.25, -0.2) is 4.79 Å². The van der Waals surface area contributed by atoms with E-state index in [-0.39, 0.29) is 12.5 Å². The number of hydrogen-bond donors (Lipinski definition) is 0. The van der Waals surface area contributed by atoms with Crippen LogP contribution in [0.5, 0.6) is 5.75 Å². The first-order valence-corrected chi connectivity index (χ1v) is 7.27. The number of benzene rings is 1. The van der Waals surface area contributed by atoms with Gasteiger partial charge in [0.05, 0.1) is 14.2 Å². The van der Waals surface area contributed by atoms with Crippen molar-refractivity contribution in [1.82, 2.24) is 4.90 Å². The molecule has 6 heteroatoms.